The molecule has 1 heterocycles. The maximum atomic E-state index is 12.5. The van der Waals surface area contributed by atoms with Crippen LogP contribution in [0.5, 0.6) is 11.5 Å². The topological polar surface area (TPSA) is 60.5 Å². The van der Waals surface area contributed by atoms with Crippen molar-refractivity contribution in [2.45, 2.75) is 13.3 Å². The van der Waals surface area contributed by atoms with Gasteiger partial charge >= 0.3 is 0 Å². The molecule has 0 spiro atoms. The highest BCUT2D eigenvalue weighted by molar-refractivity contribution is 5.93. The zero-order chi connectivity index (χ0) is 21.6. The van der Waals surface area contributed by atoms with E-state index in [0.717, 1.165) is 45.6 Å². The number of anilines is 1. The van der Waals surface area contributed by atoms with Crippen LogP contribution in [-0.4, -0.2) is 24.6 Å². The molecule has 0 unspecified atom stereocenters. The summed E-state index contributed by atoms with van der Waals surface area (Å²) >= 11 is 0. The Kier molecular flexibility index (Phi) is 6.13. The summed E-state index contributed by atoms with van der Waals surface area (Å²) in [5.74, 6) is 1.20. The normalized spacial score (nSPS) is 10.6. The summed E-state index contributed by atoms with van der Waals surface area (Å²) in [5, 5.41) is 3.81. The minimum atomic E-state index is -0.201. The third-order valence-corrected chi connectivity index (χ3v) is 5.10. The molecule has 0 saturated carbocycles. The second-order valence-electron chi connectivity index (χ2n) is 7.10. The molecule has 0 bridgehead atoms. The van der Waals surface area contributed by atoms with Crippen molar-refractivity contribution in [1.29, 1.82) is 0 Å². The quantitative estimate of drug-likeness (QED) is 0.436. The fourth-order valence-corrected chi connectivity index (χ4v) is 3.45. The Bertz CT molecular complexity index is 1200. The Labute approximate surface area is 181 Å². The molecule has 1 amide bonds. The number of hydrogen-bond acceptors (Lipinski definition) is 4. The molecule has 0 saturated heterocycles. The van der Waals surface area contributed by atoms with Crippen molar-refractivity contribution in [3.63, 3.8) is 0 Å². The Morgan fingerprint density at radius 3 is 2.48 bits per heavy atom. The fourth-order valence-electron chi connectivity index (χ4n) is 3.45. The lowest BCUT2D eigenvalue weighted by Gasteiger charge is -2.13. The Morgan fingerprint density at radius 2 is 1.71 bits per heavy atom. The summed E-state index contributed by atoms with van der Waals surface area (Å²) in [5.41, 5.74) is 4.43. The number of amides is 1. The average Bonchev–Trinajstić information content (AvgIpc) is 2.82. The van der Waals surface area contributed by atoms with E-state index in [1.807, 2.05) is 78.9 Å². The molecule has 4 rings (SSSR count). The van der Waals surface area contributed by atoms with Crippen LogP contribution in [0, 0.1) is 0 Å². The smallest absolute Gasteiger partial charge is 0.262 e. The molecular formula is C26H24N2O3. The lowest BCUT2D eigenvalue weighted by Crippen LogP contribution is -2.21. The number of rotatable bonds is 7. The number of benzene rings is 3. The molecule has 0 atom stereocenters. The van der Waals surface area contributed by atoms with Gasteiger partial charge < -0.3 is 14.8 Å². The van der Waals surface area contributed by atoms with Gasteiger partial charge in [-0.25, -0.2) is 4.98 Å². The maximum absolute atomic E-state index is 12.5. The van der Waals surface area contributed by atoms with Gasteiger partial charge in [-0.2, -0.15) is 0 Å². The molecule has 1 aromatic heterocycles. The fraction of sp³-hybridized carbons (Fsp3) is 0.154. The van der Waals surface area contributed by atoms with Crippen molar-refractivity contribution in [2.75, 3.05) is 19.0 Å². The zero-order valence-electron chi connectivity index (χ0n) is 17.6. The number of pyridine rings is 1. The van der Waals surface area contributed by atoms with Gasteiger partial charge in [0.05, 0.1) is 18.3 Å². The molecule has 156 valence electrons. The van der Waals surface area contributed by atoms with Gasteiger partial charge in [-0.3, -0.25) is 4.79 Å². The summed E-state index contributed by atoms with van der Waals surface area (Å²) in [6, 6.07) is 25.1. The van der Waals surface area contributed by atoms with Crippen LogP contribution in [0.25, 0.3) is 22.2 Å². The van der Waals surface area contributed by atoms with Gasteiger partial charge in [-0.15, -0.1) is 0 Å². The lowest BCUT2D eigenvalue weighted by atomic mass is 10.1. The van der Waals surface area contributed by atoms with Crippen LogP contribution in [0.15, 0.2) is 78.9 Å². The first-order valence-corrected chi connectivity index (χ1v) is 10.2. The second kappa shape index (κ2) is 9.30. The first kappa shape index (κ1) is 20.4. The van der Waals surface area contributed by atoms with E-state index in [2.05, 4.69) is 12.2 Å². The summed E-state index contributed by atoms with van der Waals surface area (Å²) in [6.07, 6.45) is 0.845. The number of ether oxygens (including phenoxy) is 2. The highest BCUT2D eigenvalue weighted by Gasteiger charge is 2.12. The highest BCUT2D eigenvalue weighted by atomic mass is 16.5. The average molecular weight is 412 g/mol. The van der Waals surface area contributed by atoms with E-state index in [4.69, 9.17) is 14.5 Å². The number of methoxy groups -OCH3 is 1. The first-order valence-electron chi connectivity index (χ1n) is 10.2. The van der Waals surface area contributed by atoms with Gasteiger partial charge in [0, 0.05) is 22.7 Å². The maximum Gasteiger partial charge on any atom is 0.262 e. The number of para-hydroxylation sites is 2. The minimum Gasteiger partial charge on any atom is -0.497 e. The van der Waals surface area contributed by atoms with E-state index in [0.29, 0.717) is 5.75 Å². The molecule has 1 N–H and O–H groups in total. The summed E-state index contributed by atoms with van der Waals surface area (Å²) < 4.78 is 11.2. The van der Waals surface area contributed by atoms with Gasteiger partial charge in [0.15, 0.2) is 6.61 Å². The van der Waals surface area contributed by atoms with Crippen molar-refractivity contribution < 1.29 is 14.3 Å². The van der Waals surface area contributed by atoms with Crippen molar-refractivity contribution in [2.24, 2.45) is 0 Å². The van der Waals surface area contributed by atoms with Gasteiger partial charge in [0.25, 0.3) is 5.91 Å². The molecule has 0 aliphatic heterocycles. The third kappa shape index (κ3) is 4.67. The van der Waals surface area contributed by atoms with E-state index >= 15 is 0 Å². The van der Waals surface area contributed by atoms with E-state index < -0.39 is 0 Å². The molecule has 3 aromatic carbocycles. The van der Waals surface area contributed by atoms with E-state index in [1.54, 1.807) is 7.11 Å². The predicted molar refractivity (Wildman–Crippen MR) is 124 cm³/mol. The third-order valence-electron chi connectivity index (χ3n) is 5.10. The van der Waals surface area contributed by atoms with Crippen LogP contribution < -0.4 is 14.8 Å². The first-order chi connectivity index (χ1) is 15.2. The van der Waals surface area contributed by atoms with Crippen LogP contribution in [0.2, 0.25) is 0 Å². The van der Waals surface area contributed by atoms with Crippen molar-refractivity contribution in [1.82, 2.24) is 4.98 Å². The van der Waals surface area contributed by atoms with Crippen molar-refractivity contribution in [3.8, 4) is 22.8 Å². The van der Waals surface area contributed by atoms with Gasteiger partial charge in [-0.05, 0) is 54.4 Å². The van der Waals surface area contributed by atoms with Gasteiger partial charge in [0.1, 0.15) is 11.5 Å². The molecule has 5 nitrogen and oxygen atoms in total. The van der Waals surface area contributed by atoms with Crippen LogP contribution in [0.1, 0.15) is 12.5 Å². The van der Waals surface area contributed by atoms with Crippen molar-refractivity contribution in [3.05, 3.63) is 84.4 Å². The Morgan fingerprint density at radius 1 is 0.968 bits per heavy atom. The SMILES string of the molecule is CCc1ccccc1NC(=O)COc1cc(-c2ccc(OC)cc2)nc2ccccc12. The standard InChI is InChI=1S/C26H24N2O3/c1-3-18-8-4-6-10-22(18)28-26(29)17-31-25-16-24(19-12-14-20(30-2)15-13-19)27-23-11-7-5-9-21(23)25/h4-16H,3,17H2,1-2H3,(H,28,29). The van der Waals surface area contributed by atoms with Crippen LogP contribution in [0.3, 0.4) is 0 Å². The number of aromatic nitrogens is 1. The molecule has 4 aromatic rings. The van der Waals surface area contributed by atoms with Crippen LogP contribution >= 0.6 is 0 Å². The largest absolute Gasteiger partial charge is 0.497 e. The number of nitrogens with zero attached hydrogens (tertiary/aromatic N) is 1. The number of fused-ring (bicyclic) bond motifs is 1. The zero-order valence-corrected chi connectivity index (χ0v) is 17.6. The van der Waals surface area contributed by atoms with Gasteiger partial charge in [0.2, 0.25) is 0 Å². The Hall–Kier alpha value is -3.86. The van der Waals surface area contributed by atoms with Crippen LogP contribution in [-0.2, 0) is 11.2 Å². The van der Waals surface area contributed by atoms with Gasteiger partial charge in [-0.1, -0.05) is 37.3 Å². The van der Waals surface area contributed by atoms with E-state index in [9.17, 15) is 4.79 Å². The molecule has 0 aliphatic rings. The Balaban J connectivity index is 1.58. The minimum absolute atomic E-state index is 0.0892. The molecular weight excluding hydrogens is 388 g/mol. The predicted octanol–water partition coefficient (Wildman–Crippen LogP) is 5.49. The number of nitrogens with one attached hydrogen (secondary N) is 1. The summed E-state index contributed by atoms with van der Waals surface area (Å²) in [6.45, 7) is 1.97. The number of aryl methyl sites for hydroxylation is 1. The van der Waals surface area contributed by atoms with E-state index in [-0.39, 0.29) is 12.5 Å². The molecule has 31 heavy (non-hydrogen) atoms. The second-order valence-corrected chi connectivity index (χ2v) is 7.10. The number of carbonyl (C=O) groups excluding carboxylic acids is 1. The monoisotopic (exact) mass is 412 g/mol. The highest BCUT2D eigenvalue weighted by Crippen LogP contribution is 2.31. The molecule has 0 fully saturated rings. The molecule has 0 aliphatic carbocycles. The van der Waals surface area contributed by atoms with Crippen molar-refractivity contribution >= 4 is 22.5 Å². The lowest BCUT2D eigenvalue weighted by molar-refractivity contribution is -0.118. The molecule has 5 heteroatoms. The number of carbonyl (C=O) groups is 1. The number of hydrogen-bond donors (Lipinski definition) is 1. The molecule has 0 radical (unpaired) electrons. The summed E-state index contributed by atoms with van der Waals surface area (Å²) in [4.78, 5) is 17.3. The van der Waals surface area contributed by atoms with Crippen LogP contribution in [0.4, 0.5) is 5.69 Å². The summed E-state index contributed by atoms with van der Waals surface area (Å²) in [7, 11) is 1.64. The van der Waals surface area contributed by atoms with E-state index in [1.165, 1.54) is 0 Å².